The molecule has 0 radical (unpaired) electrons. The molecule has 0 saturated carbocycles. The number of benzene rings is 1. The molecular formula is C13H16ClN3OS. The van der Waals surface area contributed by atoms with Crippen LogP contribution < -0.4 is 5.73 Å². The van der Waals surface area contributed by atoms with E-state index in [1.54, 1.807) is 11.8 Å². The molecule has 6 heteroatoms. The third-order valence-electron chi connectivity index (χ3n) is 2.86. The summed E-state index contributed by atoms with van der Waals surface area (Å²) >= 11 is 7.54. The Morgan fingerprint density at radius 2 is 2.26 bits per heavy atom. The highest BCUT2D eigenvalue weighted by atomic mass is 35.5. The molecule has 4 nitrogen and oxygen atoms in total. The zero-order chi connectivity index (χ0) is 13.9. The maximum absolute atomic E-state index is 6.06. The van der Waals surface area contributed by atoms with Gasteiger partial charge in [0.25, 0.3) is 0 Å². The molecule has 0 aliphatic rings. The summed E-state index contributed by atoms with van der Waals surface area (Å²) in [6.07, 6.45) is 0.746. The first-order valence-corrected chi connectivity index (χ1v) is 7.38. The first-order chi connectivity index (χ1) is 9.01. The Morgan fingerprint density at radius 3 is 2.95 bits per heavy atom. The lowest BCUT2D eigenvalue weighted by molar-refractivity contribution is 0.290. The molecule has 0 aliphatic carbocycles. The molecule has 1 aromatic carbocycles. The summed E-state index contributed by atoms with van der Waals surface area (Å²) in [5.74, 6) is 1.76. The van der Waals surface area contributed by atoms with E-state index in [1.165, 1.54) is 0 Å². The van der Waals surface area contributed by atoms with Crippen LogP contribution in [-0.4, -0.2) is 10.1 Å². The van der Waals surface area contributed by atoms with E-state index in [-0.39, 0.29) is 0 Å². The molecule has 0 aliphatic heterocycles. The fourth-order valence-corrected chi connectivity index (χ4v) is 2.45. The first-order valence-electron chi connectivity index (χ1n) is 6.01. The number of thioether (sulfide) groups is 1. The van der Waals surface area contributed by atoms with Gasteiger partial charge in [0, 0.05) is 9.92 Å². The van der Waals surface area contributed by atoms with E-state index < -0.39 is 5.54 Å². The van der Waals surface area contributed by atoms with Gasteiger partial charge in [-0.15, -0.1) is 11.8 Å². The molecular weight excluding hydrogens is 282 g/mol. The van der Waals surface area contributed by atoms with E-state index in [9.17, 15) is 0 Å². The number of rotatable bonds is 5. The summed E-state index contributed by atoms with van der Waals surface area (Å²) in [6.45, 7) is 3.87. The van der Waals surface area contributed by atoms with Crippen molar-refractivity contribution in [2.75, 3.05) is 0 Å². The van der Waals surface area contributed by atoms with Crippen LogP contribution in [0.5, 0.6) is 0 Å². The van der Waals surface area contributed by atoms with Crippen molar-refractivity contribution in [2.24, 2.45) is 5.73 Å². The number of hydrogen-bond donors (Lipinski definition) is 1. The number of nitrogens with two attached hydrogens (primary N) is 1. The summed E-state index contributed by atoms with van der Waals surface area (Å²) in [6, 6.07) is 7.67. The van der Waals surface area contributed by atoms with Crippen LogP contribution >= 0.6 is 23.4 Å². The van der Waals surface area contributed by atoms with E-state index in [2.05, 4.69) is 10.1 Å². The third-order valence-corrected chi connectivity index (χ3v) is 4.08. The summed E-state index contributed by atoms with van der Waals surface area (Å²) in [4.78, 5) is 5.41. The Labute approximate surface area is 121 Å². The van der Waals surface area contributed by atoms with Gasteiger partial charge in [0.05, 0.1) is 11.3 Å². The number of hydrogen-bond acceptors (Lipinski definition) is 5. The molecule has 2 aromatic rings. The van der Waals surface area contributed by atoms with Crippen molar-refractivity contribution in [1.29, 1.82) is 0 Å². The molecule has 102 valence electrons. The van der Waals surface area contributed by atoms with E-state index in [0.717, 1.165) is 16.3 Å². The quantitative estimate of drug-likeness (QED) is 0.854. The topological polar surface area (TPSA) is 64.9 Å². The van der Waals surface area contributed by atoms with Crippen LogP contribution in [0.15, 0.2) is 33.7 Å². The monoisotopic (exact) mass is 297 g/mol. The van der Waals surface area contributed by atoms with E-state index in [1.807, 2.05) is 38.1 Å². The maximum atomic E-state index is 6.06. The predicted molar refractivity (Wildman–Crippen MR) is 77.1 cm³/mol. The lowest BCUT2D eigenvalue weighted by atomic mass is 10.0. The standard InChI is InChI=1S/C13H16ClN3OS/c1-3-13(2,15)12-16-11(17-18-12)8-19-10-6-4-5-9(14)7-10/h4-7H,3,8,15H2,1-2H3. The highest BCUT2D eigenvalue weighted by molar-refractivity contribution is 7.98. The van der Waals surface area contributed by atoms with Gasteiger partial charge in [-0.25, -0.2) is 0 Å². The SMILES string of the molecule is CCC(C)(N)c1nc(CSc2cccc(Cl)c2)no1. The summed E-state index contributed by atoms with van der Waals surface area (Å²) < 4.78 is 5.21. The fourth-order valence-electron chi connectivity index (χ4n) is 1.40. The Bertz CT molecular complexity index is 556. The highest BCUT2D eigenvalue weighted by Crippen LogP contribution is 2.25. The molecule has 2 N–H and O–H groups in total. The van der Waals surface area contributed by atoms with Gasteiger partial charge in [0.2, 0.25) is 5.89 Å². The Morgan fingerprint density at radius 1 is 1.47 bits per heavy atom. The van der Waals surface area contributed by atoms with Crippen molar-refractivity contribution in [1.82, 2.24) is 10.1 Å². The number of nitrogens with zero attached hydrogens (tertiary/aromatic N) is 2. The van der Waals surface area contributed by atoms with Gasteiger partial charge < -0.3 is 10.3 Å². The van der Waals surface area contributed by atoms with Crippen LogP contribution in [0.1, 0.15) is 32.0 Å². The molecule has 1 heterocycles. The molecule has 0 spiro atoms. The predicted octanol–water partition coefficient (Wildman–Crippen LogP) is 3.60. The van der Waals surface area contributed by atoms with Crippen LogP contribution in [-0.2, 0) is 11.3 Å². The lowest BCUT2D eigenvalue weighted by Gasteiger charge is -2.16. The average molecular weight is 298 g/mol. The minimum Gasteiger partial charge on any atom is -0.337 e. The van der Waals surface area contributed by atoms with Gasteiger partial charge in [-0.2, -0.15) is 4.98 Å². The fraction of sp³-hybridized carbons (Fsp3) is 0.385. The summed E-state index contributed by atoms with van der Waals surface area (Å²) in [5.41, 5.74) is 5.49. The van der Waals surface area contributed by atoms with Crippen molar-refractivity contribution in [3.63, 3.8) is 0 Å². The minimum atomic E-state index is -0.564. The third kappa shape index (κ3) is 3.72. The van der Waals surface area contributed by atoms with Gasteiger partial charge in [0.15, 0.2) is 5.82 Å². The number of halogens is 1. The molecule has 19 heavy (non-hydrogen) atoms. The maximum Gasteiger partial charge on any atom is 0.246 e. The van der Waals surface area contributed by atoms with E-state index >= 15 is 0 Å². The minimum absolute atomic E-state index is 0.483. The molecule has 0 amide bonds. The smallest absolute Gasteiger partial charge is 0.246 e. The molecule has 1 aromatic heterocycles. The van der Waals surface area contributed by atoms with Gasteiger partial charge in [-0.05, 0) is 31.5 Å². The molecule has 0 bridgehead atoms. The molecule has 0 saturated heterocycles. The zero-order valence-corrected chi connectivity index (χ0v) is 12.5. The van der Waals surface area contributed by atoms with Crippen molar-refractivity contribution < 1.29 is 4.52 Å². The van der Waals surface area contributed by atoms with E-state index in [4.69, 9.17) is 21.9 Å². The van der Waals surface area contributed by atoms with Gasteiger partial charge in [0.1, 0.15) is 0 Å². The van der Waals surface area contributed by atoms with Gasteiger partial charge >= 0.3 is 0 Å². The van der Waals surface area contributed by atoms with Crippen LogP contribution in [0.25, 0.3) is 0 Å². The Hall–Kier alpha value is -1.04. The van der Waals surface area contributed by atoms with Gasteiger partial charge in [-0.1, -0.05) is 29.7 Å². The summed E-state index contributed by atoms with van der Waals surface area (Å²) in [7, 11) is 0. The van der Waals surface area contributed by atoms with Crippen molar-refractivity contribution >= 4 is 23.4 Å². The van der Waals surface area contributed by atoms with E-state index in [0.29, 0.717) is 17.5 Å². The number of aromatic nitrogens is 2. The zero-order valence-electron chi connectivity index (χ0n) is 10.9. The highest BCUT2D eigenvalue weighted by Gasteiger charge is 2.26. The van der Waals surface area contributed by atoms with Gasteiger partial charge in [-0.3, -0.25) is 0 Å². The van der Waals surface area contributed by atoms with Crippen molar-refractivity contribution in [3.8, 4) is 0 Å². The molecule has 1 unspecified atom stereocenters. The molecule has 1 atom stereocenters. The first kappa shape index (κ1) is 14.4. The van der Waals surface area contributed by atoms with Crippen molar-refractivity contribution in [2.45, 2.75) is 36.5 Å². The largest absolute Gasteiger partial charge is 0.337 e. The normalized spacial score (nSPS) is 14.3. The summed E-state index contributed by atoms with van der Waals surface area (Å²) in [5, 5.41) is 4.67. The van der Waals surface area contributed by atoms with Crippen LogP contribution in [0.3, 0.4) is 0 Å². The second kappa shape index (κ2) is 5.94. The van der Waals surface area contributed by atoms with Crippen molar-refractivity contribution in [3.05, 3.63) is 41.0 Å². The van der Waals surface area contributed by atoms with Crippen LogP contribution in [0.4, 0.5) is 0 Å². The van der Waals surface area contributed by atoms with Crippen LogP contribution in [0, 0.1) is 0 Å². The Balaban J connectivity index is 2.01. The molecule has 2 rings (SSSR count). The average Bonchev–Trinajstić information content (AvgIpc) is 2.86. The Kier molecular flexibility index (Phi) is 4.50. The molecule has 0 fully saturated rings. The lowest BCUT2D eigenvalue weighted by Crippen LogP contribution is -2.32. The second-order valence-electron chi connectivity index (χ2n) is 4.53. The van der Waals surface area contributed by atoms with Crippen LogP contribution in [0.2, 0.25) is 5.02 Å². The second-order valence-corrected chi connectivity index (χ2v) is 6.02.